The number of hydrogen-bond acceptors (Lipinski definition) is 1. The molecule has 0 spiro atoms. The molecule has 1 aromatic carbocycles. The Hall–Kier alpha value is -1.28. The van der Waals surface area contributed by atoms with Crippen molar-refractivity contribution in [1.82, 2.24) is 0 Å². The van der Waals surface area contributed by atoms with Crippen LogP contribution in [0.15, 0.2) is 54.8 Å². The van der Waals surface area contributed by atoms with Crippen LogP contribution in [0.2, 0.25) is 19.6 Å². The molecule has 0 fully saturated rings. The van der Waals surface area contributed by atoms with Gasteiger partial charge in [0.2, 0.25) is 8.32 Å². The minimum Gasteiger partial charge on any atom is -0.545 e. The van der Waals surface area contributed by atoms with Gasteiger partial charge in [-0.2, -0.15) is 0 Å². The summed E-state index contributed by atoms with van der Waals surface area (Å²) in [6, 6.07) is 10.5. The van der Waals surface area contributed by atoms with Gasteiger partial charge in [0.05, 0.1) is 5.76 Å². The largest absolute Gasteiger partial charge is 0.545 e. The van der Waals surface area contributed by atoms with E-state index in [-0.39, 0.29) is 5.41 Å². The van der Waals surface area contributed by atoms with E-state index in [4.69, 9.17) is 4.43 Å². The lowest BCUT2D eigenvalue weighted by atomic mass is 9.84. The van der Waals surface area contributed by atoms with Crippen molar-refractivity contribution in [3.8, 4) is 0 Å². The van der Waals surface area contributed by atoms with Crippen molar-refractivity contribution in [2.75, 3.05) is 0 Å². The van der Waals surface area contributed by atoms with E-state index in [9.17, 15) is 0 Å². The molecule has 0 saturated carbocycles. The first-order valence-electron chi connectivity index (χ1n) is 6.34. The van der Waals surface area contributed by atoms with Gasteiger partial charge in [0, 0.05) is 5.41 Å². The zero-order chi connectivity index (χ0) is 13.8. The maximum atomic E-state index is 6.03. The molecule has 2 heteroatoms. The highest BCUT2D eigenvalue weighted by molar-refractivity contribution is 6.70. The predicted octanol–water partition coefficient (Wildman–Crippen LogP) is 4.89. The highest BCUT2D eigenvalue weighted by atomic mass is 28.4. The molecule has 0 unspecified atom stereocenters. The smallest absolute Gasteiger partial charge is 0.242 e. The quantitative estimate of drug-likeness (QED) is 0.416. The molecule has 0 N–H and O–H groups in total. The molecule has 0 aliphatic carbocycles. The third-order valence-corrected chi connectivity index (χ3v) is 3.49. The molecular formula is C16H24OSi. The first-order chi connectivity index (χ1) is 8.24. The van der Waals surface area contributed by atoms with Crippen LogP contribution in [0, 0.1) is 0 Å². The summed E-state index contributed by atoms with van der Waals surface area (Å²) >= 11 is 0. The first-order valence-corrected chi connectivity index (χ1v) is 9.75. The molecule has 0 aromatic heterocycles. The van der Waals surface area contributed by atoms with Crippen LogP contribution in [0.5, 0.6) is 0 Å². The third-order valence-electron chi connectivity index (χ3n) is 2.65. The normalized spacial score (nSPS) is 13.3. The van der Waals surface area contributed by atoms with E-state index in [0.29, 0.717) is 0 Å². The molecule has 1 nitrogen and oxygen atoms in total. The van der Waals surface area contributed by atoms with Crippen LogP contribution in [-0.4, -0.2) is 8.32 Å². The van der Waals surface area contributed by atoms with Crippen molar-refractivity contribution < 1.29 is 4.43 Å². The molecule has 0 amide bonds. The van der Waals surface area contributed by atoms with Gasteiger partial charge < -0.3 is 4.43 Å². The highest BCUT2D eigenvalue weighted by Gasteiger charge is 2.21. The van der Waals surface area contributed by atoms with Crippen molar-refractivity contribution in [3.05, 3.63) is 60.4 Å². The maximum absolute atomic E-state index is 6.03. The molecule has 0 bridgehead atoms. The van der Waals surface area contributed by atoms with Gasteiger partial charge in [0.15, 0.2) is 0 Å². The zero-order valence-electron chi connectivity index (χ0n) is 12.2. The van der Waals surface area contributed by atoms with Gasteiger partial charge in [-0.1, -0.05) is 50.8 Å². The van der Waals surface area contributed by atoms with Gasteiger partial charge in [-0.05, 0) is 37.4 Å². The molecule has 1 aromatic rings. The second-order valence-electron chi connectivity index (χ2n) is 6.05. The predicted molar refractivity (Wildman–Crippen MR) is 82.2 cm³/mol. The Morgan fingerprint density at radius 1 is 1.17 bits per heavy atom. The maximum Gasteiger partial charge on any atom is 0.242 e. The topological polar surface area (TPSA) is 9.23 Å². The van der Waals surface area contributed by atoms with Gasteiger partial charge in [-0.3, -0.25) is 0 Å². The van der Waals surface area contributed by atoms with Gasteiger partial charge in [0.25, 0.3) is 0 Å². The van der Waals surface area contributed by atoms with E-state index in [0.717, 1.165) is 5.76 Å². The zero-order valence-corrected chi connectivity index (χ0v) is 13.2. The van der Waals surface area contributed by atoms with Gasteiger partial charge in [0.1, 0.15) is 0 Å². The van der Waals surface area contributed by atoms with Crippen LogP contribution < -0.4 is 0 Å². The molecule has 0 heterocycles. The molecule has 1 rings (SSSR count). The van der Waals surface area contributed by atoms with Crippen LogP contribution in [0.3, 0.4) is 0 Å². The van der Waals surface area contributed by atoms with E-state index in [1.165, 1.54) is 5.56 Å². The van der Waals surface area contributed by atoms with Crippen molar-refractivity contribution in [1.29, 1.82) is 0 Å². The average molecular weight is 260 g/mol. The molecule has 98 valence electrons. The van der Waals surface area contributed by atoms with E-state index in [2.05, 4.69) is 70.4 Å². The minimum atomic E-state index is -1.58. The molecule has 0 radical (unpaired) electrons. The minimum absolute atomic E-state index is 0.0512. The van der Waals surface area contributed by atoms with Crippen LogP contribution in [-0.2, 0) is 9.84 Å². The fourth-order valence-corrected chi connectivity index (χ4v) is 2.64. The second kappa shape index (κ2) is 5.57. The summed E-state index contributed by atoms with van der Waals surface area (Å²) in [7, 11) is -1.58. The lowest BCUT2D eigenvalue weighted by Crippen LogP contribution is -2.25. The molecule has 0 atom stereocenters. The Balaban J connectivity index is 3.01. The Morgan fingerprint density at radius 3 is 2.17 bits per heavy atom. The van der Waals surface area contributed by atoms with Gasteiger partial charge >= 0.3 is 0 Å². The van der Waals surface area contributed by atoms with Crippen LogP contribution in [0.25, 0.3) is 0 Å². The van der Waals surface area contributed by atoms with Gasteiger partial charge in [-0.25, -0.2) is 0 Å². The van der Waals surface area contributed by atoms with Crippen LogP contribution in [0.1, 0.15) is 19.4 Å². The third kappa shape index (κ3) is 4.53. The summed E-state index contributed by atoms with van der Waals surface area (Å²) in [5, 5.41) is 0. The van der Waals surface area contributed by atoms with E-state index < -0.39 is 8.32 Å². The summed E-state index contributed by atoms with van der Waals surface area (Å²) in [6.45, 7) is 14.8. The van der Waals surface area contributed by atoms with Crippen LogP contribution in [0.4, 0.5) is 0 Å². The monoisotopic (exact) mass is 260 g/mol. The lowest BCUT2D eigenvalue weighted by molar-refractivity contribution is 0.431. The van der Waals surface area contributed by atoms with Crippen LogP contribution >= 0.6 is 0 Å². The Morgan fingerprint density at radius 2 is 1.72 bits per heavy atom. The molecule has 0 saturated heterocycles. The van der Waals surface area contributed by atoms with E-state index in [1.807, 2.05) is 12.1 Å². The number of benzene rings is 1. The van der Waals surface area contributed by atoms with Crippen molar-refractivity contribution >= 4 is 8.32 Å². The summed E-state index contributed by atoms with van der Waals surface area (Å²) < 4.78 is 6.03. The molecule has 0 aliphatic rings. The number of rotatable bonds is 5. The van der Waals surface area contributed by atoms with E-state index >= 15 is 0 Å². The van der Waals surface area contributed by atoms with E-state index in [1.54, 1.807) is 0 Å². The Kier molecular flexibility index (Phi) is 4.57. The molecular weight excluding hydrogens is 236 g/mol. The lowest BCUT2D eigenvalue weighted by Gasteiger charge is -2.25. The number of allylic oxidation sites excluding steroid dienone is 2. The highest BCUT2D eigenvalue weighted by Crippen LogP contribution is 2.27. The van der Waals surface area contributed by atoms with Crippen molar-refractivity contribution in [2.45, 2.75) is 38.9 Å². The first kappa shape index (κ1) is 14.8. The number of hydrogen-bond donors (Lipinski definition) is 0. The van der Waals surface area contributed by atoms with Crippen molar-refractivity contribution in [2.24, 2.45) is 0 Å². The second-order valence-corrected chi connectivity index (χ2v) is 10.5. The standard InChI is InChI=1S/C16H24OSi/c1-7-15(17-18(4,5)6)13-16(2,3)14-11-9-8-10-12-14/h7-13H,1H2,2-6H3/b15-13-. The Bertz CT molecular complexity index is 424. The summed E-state index contributed by atoms with van der Waals surface area (Å²) in [5.74, 6) is 0.892. The van der Waals surface area contributed by atoms with Gasteiger partial charge in [-0.15, -0.1) is 0 Å². The SMILES string of the molecule is C=C/C(=C/C(C)(C)c1ccccc1)O[Si](C)(C)C. The fourth-order valence-electron chi connectivity index (χ4n) is 1.79. The summed E-state index contributed by atoms with van der Waals surface area (Å²) in [4.78, 5) is 0. The Labute approximate surface area is 112 Å². The summed E-state index contributed by atoms with van der Waals surface area (Å²) in [6.07, 6.45) is 3.97. The average Bonchev–Trinajstić information content (AvgIpc) is 2.27. The summed E-state index contributed by atoms with van der Waals surface area (Å²) in [5.41, 5.74) is 1.23. The fraction of sp³-hybridized carbons (Fsp3) is 0.375. The molecule has 0 aliphatic heterocycles. The van der Waals surface area contributed by atoms with Crippen molar-refractivity contribution in [3.63, 3.8) is 0 Å². The molecule has 18 heavy (non-hydrogen) atoms.